The number of aliphatic hydroxyl groups excluding tert-OH is 1. The number of hydrogen-bond donors (Lipinski definition) is 2. The van der Waals surface area contributed by atoms with Crippen molar-refractivity contribution in [3.05, 3.63) is 34.3 Å². The first-order valence-electron chi connectivity index (χ1n) is 7.35. The second-order valence-electron chi connectivity index (χ2n) is 5.33. The third kappa shape index (κ3) is 4.49. The van der Waals surface area contributed by atoms with Gasteiger partial charge in [-0.2, -0.15) is 0 Å². The molecule has 0 aromatic heterocycles. The molecule has 0 aliphatic heterocycles. The van der Waals surface area contributed by atoms with E-state index in [1.165, 1.54) is 6.42 Å². The molecule has 0 heterocycles. The van der Waals surface area contributed by atoms with Crippen LogP contribution in [0.3, 0.4) is 0 Å². The molecule has 0 saturated heterocycles. The monoisotopic (exact) mass is 305 g/mol. The van der Waals surface area contributed by atoms with E-state index in [0.29, 0.717) is 34.5 Å². The molecule has 1 aromatic carbocycles. The number of carbonyl (C=O) groups excluding carboxylic acids is 1. The van der Waals surface area contributed by atoms with E-state index in [1.807, 2.05) is 0 Å². The average Bonchev–Trinajstić information content (AvgIpc) is 3.19. The van der Waals surface area contributed by atoms with E-state index in [-0.39, 0.29) is 12.5 Å². The van der Waals surface area contributed by atoms with Crippen molar-refractivity contribution in [3.8, 4) is 11.8 Å². The van der Waals surface area contributed by atoms with Crippen molar-refractivity contribution in [3.63, 3.8) is 0 Å². The Morgan fingerprint density at radius 2 is 2.33 bits per heavy atom. The molecule has 0 bridgehead atoms. The fourth-order valence-electron chi connectivity index (χ4n) is 2.34. The van der Waals surface area contributed by atoms with Crippen molar-refractivity contribution in [2.24, 2.45) is 5.92 Å². The third-order valence-corrected chi connectivity index (χ3v) is 3.90. The maximum absolute atomic E-state index is 12.1. The Labute approximate surface area is 130 Å². The quantitative estimate of drug-likeness (QED) is 0.822. The van der Waals surface area contributed by atoms with Crippen LogP contribution in [-0.4, -0.2) is 23.7 Å². The molecule has 0 spiro atoms. The Morgan fingerprint density at radius 1 is 1.52 bits per heavy atom. The minimum absolute atomic E-state index is 0.0332. The van der Waals surface area contributed by atoms with Crippen LogP contribution in [0.5, 0.6) is 0 Å². The highest BCUT2D eigenvalue weighted by Gasteiger charge is 2.37. The van der Waals surface area contributed by atoms with Crippen molar-refractivity contribution in [1.82, 2.24) is 5.32 Å². The summed E-state index contributed by atoms with van der Waals surface area (Å²) < 4.78 is 0. The Bertz CT molecular complexity index is 574. The van der Waals surface area contributed by atoms with Gasteiger partial charge in [-0.15, -0.1) is 0 Å². The van der Waals surface area contributed by atoms with Gasteiger partial charge in [0.1, 0.15) is 0 Å². The second kappa shape index (κ2) is 7.49. The van der Waals surface area contributed by atoms with Gasteiger partial charge in [-0.3, -0.25) is 4.79 Å². The lowest BCUT2D eigenvalue weighted by molar-refractivity contribution is 0.0949. The highest BCUT2D eigenvalue weighted by Crippen LogP contribution is 2.34. The lowest BCUT2D eigenvalue weighted by atomic mass is 10.1. The standard InChI is InChI=1S/C17H20ClNO2/c1-2-5-13-11-16(13)19-17(21)14-8-7-12(15(18)10-14)6-3-4-9-20/h7-8,10,13,16,20H,2,4-5,9,11H2,1H3,(H,19,21). The highest BCUT2D eigenvalue weighted by molar-refractivity contribution is 6.32. The van der Waals surface area contributed by atoms with Crippen molar-refractivity contribution >= 4 is 17.5 Å². The Balaban J connectivity index is 1.97. The molecule has 0 radical (unpaired) electrons. The molecular formula is C17H20ClNO2. The van der Waals surface area contributed by atoms with Gasteiger partial charge < -0.3 is 10.4 Å². The highest BCUT2D eigenvalue weighted by atomic mass is 35.5. The summed E-state index contributed by atoms with van der Waals surface area (Å²) in [5.41, 5.74) is 1.24. The molecule has 2 atom stereocenters. The molecule has 1 aliphatic carbocycles. The van der Waals surface area contributed by atoms with Crippen LogP contribution in [-0.2, 0) is 0 Å². The molecule has 112 valence electrons. The summed E-state index contributed by atoms with van der Waals surface area (Å²) in [7, 11) is 0. The first-order chi connectivity index (χ1) is 10.2. The molecular weight excluding hydrogens is 286 g/mol. The number of nitrogens with one attached hydrogen (secondary N) is 1. The summed E-state index contributed by atoms with van der Waals surface area (Å²) in [6.07, 6.45) is 3.83. The topological polar surface area (TPSA) is 49.3 Å². The normalized spacial score (nSPS) is 19.6. The summed E-state index contributed by atoms with van der Waals surface area (Å²) >= 11 is 6.14. The number of carbonyl (C=O) groups is 1. The van der Waals surface area contributed by atoms with E-state index in [4.69, 9.17) is 16.7 Å². The van der Waals surface area contributed by atoms with Gasteiger partial charge >= 0.3 is 0 Å². The molecule has 4 heteroatoms. The van der Waals surface area contributed by atoms with Gasteiger partial charge in [0.05, 0.1) is 11.6 Å². The largest absolute Gasteiger partial charge is 0.395 e. The Kier molecular flexibility index (Phi) is 5.67. The average molecular weight is 306 g/mol. The van der Waals surface area contributed by atoms with Crippen molar-refractivity contribution in [1.29, 1.82) is 0 Å². The molecule has 1 aromatic rings. The molecule has 3 nitrogen and oxygen atoms in total. The van der Waals surface area contributed by atoms with Crippen molar-refractivity contribution < 1.29 is 9.90 Å². The number of halogens is 1. The second-order valence-corrected chi connectivity index (χ2v) is 5.74. The van der Waals surface area contributed by atoms with Crippen LogP contribution in [0.2, 0.25) is 5.02 Å². The minimum Gasteiger partial charge on any atom is -0.395 e. The maximum Gasteiger partial charge on any atom is 0.251 e. The molecule has 1 amide bonds. The van der Waals surface area contributed by atoms with Crippen LogP contribution in [0, 0.1) is 17.8 Å². The van der Waals surface area contributed by atoms with E-state index in [1.54, 1.807) is 18.2 Å². The zero-order valence-corrected chi connectivity index (χ0v) is 12.9. The first kappa shape index (κ1) is 15.9. The Hall–Kier alpha value is -1.50. The Morgan fingerprint density at radius 3 is 3.00 bits per heavy atom. The lowest BCUT2D eigenvalue weighted by Gasteiger charge is -2.06. The predicted octanol–water partition coefficient (Wildman–Crippen LogP) is 2.99. The number of benzene rings is 1. The van der Waals surface area contributed by atoms with E-state index in [9.17, 15) is 4.79 Å². The van der Waals surface area contributed by atoms with Gasteiger partial charge in [0, 0.05) is 23.6 Å². The lowest BCUT2D eigenvalue weighted by Crippen LogP contribution is -2.26. The van der Waals surface area contributed by atoms with Crippen LogP contribution in [0.15, 0.2) is 18.2 Å². The van der Waals surface area contributed by atoms with Gasteiger partial charge in [0.15, 0.2) is 0 Å². The van der Waals surface area contributed by atoms with Crippen LogP contribution in [0.25, 0.3) is 0 Å². The number of rotatable bonds is 5. The van der Waals surface area contributed by atoms with Gasteiger partial charge in [0.25, 0.3) is 5.91 Å². The SMILES string of the molecule is CCCC1CC1NC(=O)c1ccc(C#CCCO)c(Cl)c1. The summed E-state index contributed by atoms with van der Waals surface area (Å²) in [6.45, 7) is 2.19. The molecule has 2 N–H and O–H groups in total. The van der Waals surface area contributed by atoms with E-state index in [0.717, 1.165) is 12.8 Å². The van der Waals surface area contributed by atoms with Gasteiger partial charge in [-0.25, -0.2) is 0 Å². The third-order valence-electron chi connectivity index (χ3n) is 3.59. The van der Waals surface area contributed by atoms with Crippen molar-refractivity contribution in [2.75, 3.05) is 6.61 Å². The molecule has 2 rings (SSSR count). The summed E-state index contributed by atoms with van der Waals surface area (Å²) in [5.74, 6) is 6.26. The smallest absolute Gasteiger partial charge is 0.251 e. The van der Waals surface area contributed by atoms with Gasteiger partial charge in [0.2, 0.25) is 0 Å². The zero-order chi connectivity index (χ0) is 15.2. The predicted molar refractivity (Wildman–Crippen MR) is 84.3 cm³/mol. The number of aliphatic hydroxyl groups is 1. The van der Waals surface area contributed by atoms with Crippen LogP contribution >= 0.6 is 11.6 Å². The summed E-state index contributed by atoms with van der Waals surface area (Å²) in [4.78, 5) is 12.1. The van der Waals surface area contributed by atoms with E-state index < -0.39 is 0 Å². The van der Waals surface area contributed by atoms with E-state index >= 15 is 0 Å². The number of amides is 1. The van der Waals surface area contributed by atoms with Gasteiger partial charge in [-0.1, -0.05) is 36.8 Å². The summed E-state index contributed by atoms with van der Waals surface area (Å²) in [6, 6.07) is 5.46. The molecule has 1 saturated carbocycles. The van der Waals surface area contributed by atoms with Crippen LogP contribution in [0.1, 0.15) is 48.5 Å². The fraction of sp³-hybridized carbons (Fsp3) is 0.471. The zero-order valence-electron chi connectivity index (χ0n) is 12.2. The van der Waals surface area contributed by atoms with Gasteiger partial charge in [-0.05, 0) is 37.0 Å². The van der Waals surface area contributed by atoms with Crippen LogP contribution < -0.4 is 5.32 Å². The minimum atomic E-state index is -0.0737. The molecule has 1 aliphatic rings. The van der Waals surface area contributed by atoms with Crippen molar-refractivity contribution in [2.45, 2.75) is 38.6 Å². The molecule has 21 heavy (non-hydrogen) atoms. The molecule has 1 fully saturated rings. The number of hydrogen-bond acceptors (Lipinski definition) is 2. The maximum atomic E-state index is 12.1. The summed E-state index contributed by atoms with van der Waals surface area (Å²) in [5, 5.41) is 12.2. The molecule has 2 unspecified atom stereocenters. The van der Waals surface area contributed by atoms with E-state index in [2.05, 4.69) is 24.1 Å². The first-order valence-corrected chi connectivity index (χ1v) is 7.73. The van der Waals surface area contributed by atoms with Crippen LogP contribution in [0.4, 0.5) is 0 Å². The fourth-order valence-corrected chi connectivity index (χ4v) is 2.57.